The van der Waals surface area contributed by atoms with Crippen molar-refractivity contribution in [2.24, 2.45) is 5.84 Å². The number of nitrogens with one attached hydrogen (secondary N) is 1. The Hall–Kier alpha value is -1.17. The second-order valence-electron chi connectivity index (χ2n) is 5.15. The van der Waals surface area contributed by atoms with Crippen LogP contribution in [-0.2, 0) is 12.8 Å². The van der Waals surface area contributed by atoms with E-state index < -0.39 is 0 Å². The Morgan fingerprint density at radius 1 is 1.14 bits per heavy atom. The van der Waals surface area contributed by atoms with Crippen LogP contribution in [0.3, 0.4) is 0 Å². The second-order valence-corrected chi connectivity index (χ2v) is 6.47. The number of nitrogens with zero attached hydrogens (tertiary/aromatic N) is 2. The van der Waals surface area contributed by atoms with Crippen LogP contribution in [0.15, 0.2) is 22.7 Å². The number of hydrogen-bond donors (Lipinski definition) is 2. The first-order valence-electron chi connectivity index (χ1n) is 7.01. The second kappa shape index (κ2) is 6.30. The van der Waals surface area contributed by atoms with Crippen LogP contribution in [0.2, 0.25) is 5.02 Å². The molecule has 1 heterocycles. The van der Waals surface area contributed by atoms with E-state index in [0.717, 1.165) is 47.0 Å². The Labute approximate surface area is 137 Å². The molecule has 0 radical (unpaired) electrons. The number of aromatic nitrogens is 2. The minimum Gasteiger partial charge on any atom is -0.308 e. The topological polar surface area (TPSA) is 63.8 Å². The molecule has 0 aliphatic heterocycles. The first-order chi connectivity index (χ1) is 10.2. The van der Waals surface area contributed by atoms with Crippen LogP contribution in [0.4, 0.5) is 5.82 Å². The highest BCUT2D eigenvalue weighted by atomic mass is 79.9. The van der Waals surface area contributed by atoms with E-state index in [1.807, 2.05) is 18.2 Å². The van der Waals surface area contributed by atoms with Crippen LogP contribution < -0.4 is 11.3 Å². The lowest BCUT2D eigenvalue weighted by molar-refractivity contribution is 0.709. The number of anilines is 1. The van der Waals surface area contributed by atoms with Gasteiger partial charge < -0.3 is 5.43 Å². The maximum absolute atomic E-state index is 6.29. The molecular formula is C15H16BrClN4. The SMILES string of the molecule is NNc1nc(-c2cc(Br)ccc2Cl)nc2c1CCCCC2. The van der Waals surface area contributed by atoms with E-state index in [-0.39, 0.29) is 0 Å². The molecule has 0 bridgehead atoms. The molecule has 1 aromatic carbocycles. The van der Waals surface area contributed by atoms with Crippen molar-refractivity contribution in [3.8, 4) is 11.4 Å². The van der Waals surface area contributed by atoms with E-state index in [0.29, 0.717) is 16.7 Å². The van der Waals surface area contributed by atoms with Crippen molar-refractivity contribution < 1.29 is 0 Å². The quantitative estimate of drug-likeness (QED) is 0.476. The number of nitrogens with two attached hydrogens (primary N) is 1. The molecule has 3 N–H and O–H groups in total. The Bertz CT molecular complexity index is 675. The molecule has 3 rings (SSSR count). The Morgan fingerprint density at radius 2 is 1.95 bits per heavy atom. The molecule has 110 valence electrons. The van der Waals surface area contributed by atoms with Gasteiger partial charge >= 0.3 is 0 Å². The Balaban J connectivity index is 2.15. The van der Waals surface area contributed by atoms with Crippen molar-refractivity contribution in [1.82, 2.24) is 9.97 Å². The normalized spacial score (nSPS) is 14.4. The van der Waals surface area contributed by atoms with Gasteiger partial charge in [-0.1, -0.05) is 34.0 Å². The molecule has 0 unspecified atom stereocenters. The molecule has 0 amide bonds. The summed E-state index contributed by atoms with van der Waals surface area (Å²) < 4.78 is 0.947. The third-order valence-electron chi connectivity index (χ3n) is 3.74. The van der Waals surface area contributed by atoms with Gasteiger partial charge in [-0.05, 0) is 43.9 Å². The van der Waals surface area contributed by atoms with Crippen LogP contribution >= 0.6 is 27.5 Å². The standard InChI is InChI=1S/C15H16BrClN4/c16-9-6-7-12(17)11(8-9)14-19-13-5-3-1-2-4-10(13)15(20-14)21-18/h6-8H,1-5,18H2,(H,19,20,21). The van der Waals surface area contributed by atoms with Gasteiger partial charge in [-0.3, -0.25) is 0 Å². The highest BCUT2D eigenvalue weighted by Crippen LogP contribution is 2.32. The molecule has 2 aromatic rings. The first kappa shape index (κ1) is 14.8. The number of aryl methyl sites for hydroxylation is 1. The van der Waals surface area contributed by atoms with Gasteiger partial charge in [-0.15, -0.1) is 0 Å². The van der Waals surface area contributed by atoms with Crippen LogP contribution in [0.25, 0.3) is 11.4 Å². The Kier molecular flexibility index (Phi) is 4.42. The minimum absolute atomic E-state index is 0.620. The number of fused-ring (bicyclic) bond motifs is 1. The van der Waals surface area contributed by atoms with Gasteiger partial charge in [0.15, 0.2) is 5.82 Å². The summed E-state index contributed by atoms with van der Waals surface area (Å²) in [6.45, 7) is 0. The number of hydrogen-bond acceptors (Lipinski definition) is 4. The monoisotopic (exact) mass is 366 g/mol. The number of hydrazine groups is 1. The van der Waals surface area contributed by atoms with Crippen molar-refractivity contribution in [2.45, 2.75) is 32.1 Å². The van der Waals surface area contributed by atoms with Gasteiger partial charge in [0.25, 0.3) is 0 Å². The zero-order valence-electron chi connectivity index (χ0n) is 11.5. The van der Waals surface area contributed by atoms with Gasteiger partial charge in [-0.2, -0.15) is 0 Å². The van der Waals surface area contributed by atoms with Gasteiger partial charge in [0.1, 0.15) is 5.82 Å². The lowest BCUT2D eigenvalue weighted by Gasteiger charge is -2.13. The van der Waals surface area contributed by atoms with E-state index >= 15 is 0 Å². The van der Waals surface area contributed by atoms with Gasteiger partial charge in [0.2, 0.25) is 0 Å². The molecule has 1 aliphatic rings. The summed E-state index contributed by atoms with van der Waals surface area (Å²) in [6.07, 6.45) is 5.46. The fraction of sp³-hybridized carbons (Fsp3) is 0.333. The van der Waals surface area contributed by atoms with Crippen LogP contribution in [0, 0.1) is 0 Å². The summed E-state index contributed by atoms with van der Waals surface area (Å²) in [7, 11) is 0. The van der Waals surface area contributed by atoms with Crippen molar-refractivity contribution in [3.05, 3.63) is 39.0 Å². The smallest absolute Gasteiger partial charge is 0.163 e. The molecule has 1 aromatic heterocycles. The van der Waals surface area contributed by atoms with Crippen molar-refractivity contribution >= 4 is 33.3 Å². The molecule has 0 saturated heterocycles. The van der Waals surface area contributed by atoms with Crippen molar-refractivity contribution in [3.63, 3.8) is 0 Å². The van der Waals surface area contributed by atoms with Crippen molar-refractivity contribution in [1.29, 1.82) is 0 Å². The van der Waals surface area contributed by atoms with Crippen molar-refractivity contribution in [2.75, 3.05) is 5.43 Å². The highest BCUT2D eigenvalue weighted by Gasteiger charge is 2.18. The molecule has 1 aliphatic carbocycles. The maximum atomic E-state index is 6.29. The summed E-state index contributed by atoms with van der Waals surface area (Å²) in [5.41, 5.74) is 5.76. The largest absolute Gasteiger partial charge is 0.308 e. The highest BCUT2D eigenvalue weighted by molar-refractivity contribution is 9.10. The maximum Gasteiger partial charge on any atom is 0.163 e. The number of rotatable bonds is 2. The molecular weight excluding hydrogens is 352 g/mol. The average Bonchev–Trinajstić information content (AvgIpc) is 2.74. The van der Waals surface area contributed by atoms with Crippen LogP contribution in [-0.4, -0.2) is 9.97 Å². The van der Waals surface area contributed by atoms with E-state index in [2.05, 4.69) is 26.3 Å². The summed E-state index contributed by atoms with van der Waals surface area (Å²) in [5, 5.41) is 0.634. The predicted octanol–water partition coefficient (Wildman–Crippen LogP) is 4.11. The first-order valence-corrected chi connectivity index (χ1v) is 8.18. The van der Waals surface area contributed by atoms with E-state index in [9.17, 15) is 0 Å². The van der Waals surface area contributed by atoms with Gasteiger partial charge in [0, 0.05) is 21.3 Å². The average molecular weight is 368 g/mol. The molecule has 0 fully saturated rings. The van der Waals surface area contributed by atoms with Crippen LogP contribution in [0.5, 0.6) is 0 Å². The zero-order valence-corrected chi connectivity index (χ0v) is 13.8. The molecule has 6 heteroatoms. The molecule has 0 atom stereocenters. The number of benzene rings is 1. The minimum atomic E-state index is 0.620. The number of nitrogen functional groups attached to an aromatic ring is 1. The van der Waals surface area contributed by atoms with Gasteiger partial charge in [0.05, 0.1) is 5.02 Å². The summed E-state index contributed by atoms with van der Waals surface area (Å²) in [6, 6.07) is 5.67. The van der Waals surface area contributed by atoms with Gasteiger partial charge in [-0.25, -0.2) is 15.8 Å². The molecule has 21 heavy (non-hydrogen) atoms. The third-order valence-corrected chi connectivity index (χ3v) is 4.56. The lowest BCUT2D eigenvalue weighted by Crippen LogP contribution is -2.14. The molecule has 0 saturated carbocycles. The summed E-state index contributed by atoms with van der Waals surface area (Å²) in [4.78, 5) is 9.31. The third kappa shape index (κ3) is 3.05. The fourth-order valence-electron chi connectivity index (χ4n) is 2.68. The number of halogens is 2. The predicted molar refractivity (Wildman–Crippen MR) is 89.2 cm³/mol. The lowest BCUT2D eigenvalue weighted by atomic mass is 10.1. The summed E-state index contributed by atoms with van der Waals surface area (Å²) >= 11 is 9.75. The fourth-order valence-corrected chi connectivity index (χ4v) is 3.24. The summed E-state index contributed by atoms with van der Waals surface area (Å²) in [5.74, 6) is 6.99. The van der Waals surface area contributed by atoms with E-state index in [1.54, 1.807) is 0 Å². The van der Waals surface area contributed by atoms with E-state index in [4.69, 9.17) is 22.4 Å². The molecule has 0 spiro atoms. The zero-order chi connectivity index (χ0) is 14.8. The van der Waals surface area contributed by atoms with Crippen LogP contribution in [0.1, 0.15) is 30.5 Å². The Morgan fingerprint density at radius 3 is 2.76 bits per heavy atom. The molecule has 4 nitrogen and oxygen atoms in total. The van der Waals surface area contributed by atoms with E-state index in [1.165, 1.54) is 6.42 Å².